The number of fused-ring (bicyclic) bond motifs is 2. The van der Waals surface area contributed by atoms with Crippen molar-refractivity contribution in [1.29, 1.82) is 0 Å². The third-order valence-corrected chi connectivity index (χ3v) is 7.78. The Morgan fingerprint density at radius 1 is 0.971 bits per heavy atom. The second kappa shape index (κ2) is 8.75. The molecule has 35 heavy (non-hydrogen) atoms. The van der Waals surface area contributed by atoms with E-state index in [9.17, 15) is 13.2 Å². The Labute approximate surface area is 206 Å². The summed E-state index contributed by atoms with van der Waals surface area (Å²) < 4.78 is 29.7. The number of nitrogens with zero attached hydrogens (tertiary/aromatic N) is 2. The standard InChI is InChI=1S/C26H21N3O4S2/c1-15-23(25(30)29-26-28-21-13-12-18(35(3,31)32)14-22(21)34-26)19-6-4-5-7-20(19)27-24(15)16-8-10-17(33-2)11-9-16/h4-14H,1-3H3,(H,28,29,30). The third-order valence-electron chi connectivity index (χ3n) is 5.73. The predicted octanol–water partition coefficient (Wildman–Crippen LogP) is 5.48. The van der Waals surface area contributed by atoms with E-state index in [0.717, 1.165) is 28.5 Å². The van der Waals surface area contributed by atoms with Crippen molar-refractivity contribution in [3.63, 3.8) is 0 Å². The van der Waals surface area contributed by atoms with Gasteiger partial charge in [0.05, 0.1) is 39.0 Å². The molecule has 2 aromatic heterocycles. The molecule has 5 rings (SSSR count). The van der Waals surface area contributed by atoms with Gasteiger partial charge in [-0.25, -0.2) is 18.4 Å². The summed E-state index contributed by atoms with van der Waals surface area (Å²) in [5, 5.41) is 4.03. The number of hydrogen-bond acceptors (Lipinski definition) is 7. The maximum atomic E-state index is 13.5. The van der Waals surface area contributed by atoms with Crippen molar-refractivity contribution in [3.05, 3.63) is 77.9 Å². The van der Waals surface area contributed by atoms with Crippen LogP contribution in [-0.2, 0) is 9.84 Å². The van der Waals surface area contributed by atoms with E-state index in [0.29, 0.717) is 32.1 Å². The average molecular weight is 504 g/mol. The molecule has 0 spiro atoms. The molecule has 9 heteroatoms. The molecule has 7 nitrogen and oxygen atoms in total. The number of sulfone groups is 1. The van der Waals surface area contributed by atoms with Crippen molar-refractivity contribution in [1.82, 2.24) is 9.97 Å². The van der Waals surface area contributed by atoms with Gasteiger partial charge in [-0.15, -0.1) is 0 Å². The van der Waals surface area contributed by atoms with Crippen molar-refractivity contribution in [2.45, 2.75) is 11.8 Å². The summed E-state index contributed by atoms with van der Waals surface area (Å²) in [5.74, 6) is 0.429. The highest BCUT2D eigenvalue weighted by molar-refractivity contribution is 7.90. The van der Waals surface area contributed by atoms with E-state index in [1.54, 1.807) is 19.2 Å². The number of hydrogen-bond donors (Lipinski definition) is 1. The molecule has 0 saturated heterocycles. The molecule has 5 aromatic rings. The van der Waals surface area contributed by atoms with Crippen molar-refractivity contribution in [3.8, 4) is 17.0 Å². The molecular formula is C26H21N3O4S2. The number of benzene rings is 3. The zero-order valence-corrected chi connectivity index (χ0v) is 20.8. The van der Waals surface area contributed by atoms with Gasteiger partial charge in [-0.3, -0.25) is 10.1 Å². The van der Waals surface area contributed by atoms with Crippen molar-refractivity contribution in [2.75, 3.05) is 18.7 Å². The lowest BCUT2D eigenvalue weighted by molar-refractivity contribution is 0.102. The number of aromatic nitrogens is 2. The van der Waals surface area contributed by atoms with Crippen LogP contribution >= 0.6 is 11.3 Å². The Balaban J connectivity index is 1.58. The lowest BCUT2D eigenvalue weighted by Gasteiger charge is -2.14. The molecule has 0 saturated carbocycles. The van der Waals surface area contributed by atoms with Crippen LogP contribution in [0.1, 0.15) is 15.9 Å². The second-order valence-electron chi connectivity index (χ2n) is 8.08. The van der Waals surface area contributed by atoms with Gasteiger partial charge >= 0.3 is 0 Å². The molecule has 0 radical (unpaired) electrons. The van der Waals surface area contributed by atoms with Gasteiger partial charge in [-0.2, -0.15) is 0 Å². The lowest BCUT2D eigenvalue weighted by Crippen LogP contribution is -2.15. The van der Waals surface area contributed by atoms with Crippen LogP contribution in [0.25, 0.3) is 32.4 Å². The van der Waals surface area contributed by atoms with Crippen LogP contribution < -0.4 is 10.1 Å². The summed E-state index contributed by atoms with van der Waals surface area (Å²) >= 11 is 1.23. The molecule has 2 heterocycles. The number of rotatable bonds is 5. The van der Waals surface area contributed by atoms with Gasteiger partial charge in [-0.1, -0.05) is 29.5 Å². The summed E-state index contributed by atoms with van der Waals surface area (Å²) in [6, 6.07) is 19.8. The van der Waals surface area contributed by atoms with Crippen molar-refractivity contribution < 1.29 is 17.9 Å². The Morgan fingerprint density at radius 3 is 2.43 bits per heavy atom. The maximum Gasteiger partial charge on any atom is 0.258 e. The topological polar surface area (TPSA) is 98.2 Å². The molecular weight excluding hydrogens is 482 g/mol. The first kappa shape index (κ1) is 22.9. The predicted molar refractivity (Wildman–Crippen MR) is 139 cm³/mol. The lowest BCUT2D eigenvalue weighted by atomic mass is 9.97. The van der Waals surface area contributed by atoms with Crippen LogP contribution in [0.15, 0.2) is 71.6 Å². The van der Waals surface area contributed by atoms with E-state index >= 15 is 0 Å². The molecule has 0 unspecified atom stereocenters. The highest BCUT2D eigenvalue weighted by Gasteiger charge is 2.20. The molecule has 0 bridgehead atoms. The number of carbonyl (C=O) groups excluding carboxylic acids is 1. The van der Waals surface area contributed by atoms with E-state index in [2.05, 4.69) is 10.3 Å². The summed E-state index contributed by atoms with van der Waals surface area (Å²) in [6.45, 7) is 1.88. The zero-order chi connectivity index (χ0) is 24.7. The monoisotopic (exact) mass is 503 g/mol. The molecule has 0 fully saturated rings. The largest absolute Gasteiger partial charge is 0.497 e. The fourth-order valence-electron chi connectivity index (χ4n) is 3.98. The number of thiazole rings is 1. The number of para-hydroxylation sites is 1. The summed E-state index contributed by atoms with van der Waals surface area (Å²) in [4.78, 5) is 23.1. The highest BCUT2D eigenvalue weighted by Crippen LogP contribution is 2.33. The minimum Gasteiger partial charge on any atom is -0.497 e. The van der Waals surface area contributed by atoms with E-state index in [1.807, 2.05) is 55.5 Å². The number of carbonyl (C=O) groups is 1. The van der Waals surface area contributed by atoms with E-state index in [4.69, 9.17) is 9.72 Å². The van der Waals surface area contributed by atoms with Crippen LogP contribution in [-0.4, -0.2) is 37.7 Å². The fraction of sp³-hybridized carbons (Fsp3) is 0.115. The zero-order valence-electron chi connectivity index (χ0n) is 19.2. The fourth-order valence-corrected chi connectivity index (χ4v) is 5.60. The molecule has 0 atom stereocenters. The van der Waals surface area contributed by atoms with Gasteiger partial charge in [0, 0.05) is 17.2 Å². The van der Waals surface area contributed by atoms with Crippen LogP contribution in [0.3, 0.4) is 0 Å². The third kappa shape index (κ3) is 4.36. The molecule has 0 aliphatic heterocycles. The highest BCUT2D eigenvalue weighted by atomic mass is 32.2. The first-order valence-electron chi connectivity index (χ1n) is 10.7. The Kier molecular flexibility index (Phi) is 5.74. The van der Waals surface area contributed by atoms with Gasteiger partial charge in [0.25, 0.3) is 5.91 Å². The summed E-state index contributed by atoms with van der Waals surface area (Å²) in [7, 11) is -1.73. The Hall–Kier alpha value is -3.82. The molecule has 0 aliphatic carbocycles. The first-order valence-corrected chi connectivity index (χ1v) is 13.4. The van der Waals surface area contributed by atoms with E-state index in [-0.39, 0.29) is 10.8 Å². The number of pyridine rings is 1. The normalized spacial score (nSPS) is 11.6. The van der Waals surface area contributed by atoms with Crippen LogP contribution in [0.5, 0.6) is 5.75 Å². The average Bonchev–Trinajstić information content (AvgIpc) is 3.24. The van der Waals surface area contributed by atoms with Gasteiger partial charge < -0.3 is 4.74 Å². The number of amides is 1. The Bertz CT molecular complexity index is 1710. The van der Waals surface area contributed by atoms with Crippen molar-refractivity contribution >= 4 is 53.3 Å². The van der Waals surface area contributed by atoms with Crippen LogP contribution in [0.4, 0.5) is 5.13 Å². The SMILES string of the molecule is COc1ccc(-c2nc3ccccc3c(C(=O)Nc3nc4ccc(S(C)(=O)=O)cc4s3)c2C)cc1. The number of anilines is 1. The first-order chi connectivity index (χ1) is 16.7. The maximum absolute atomic E-state index is 13.5. The minimum absolute atomic E-state index is 0.214. The van der Waals surface area contributed by atoms with Gasteiger partial charge in [-0.05, 0) is 61.0 Å². The van der Waals surface area contributed by atoms with Crippen LogP contribution in [0, 0.1) is 6.92 Å². The smallest absolute Gasteiger partial charge is 0.258 e. The van der Waals surface area contributed by atoms with Gasteiger partial charge in [0.2, 0.25) is 0 Å². The van der Waals surface area contributed by atoms with Gasteiger partial charge in [0.15, 0.2) is 15.0 Å². The molecule has 1 amide bonds. The Morgan fingerprint density at radius 2 is 1.71 bits per heavy atom. The van der Waals surface area contributed by atoms with Crippen LogP contribution in [0.2, 0.25) is 0 Å². The molecule has 1 N–H and O–H groups in total. The minimum atomic E-state index is -3.34. The second-order valence-corrected chi connectivity index (χ2v) is 11.1. The summed E-state index contributed by atoms with van der Waals surface area (Å²) in [6.07, 6.45) is 1.16. The summed E-state index contributed by atoms with van der Waals surface area (Å²) in [5.41, 5.74) is 4.16. The number of ether oxygens (including phenoxy) is 1. The number of nitrogens with one attached hydrogen (secondary N) is 1. The molecule has 0 aliphatic rings. The molecule has 3 aromatic carbocycles. The van der Waals surface area contributed by atoms with Crippen molar-refractivity contribution in [2.24, 2.45) is 0 Å². The van der Waals surface area contributed by atoms with Gasteiger partial charge in [0.1, 0.15) is 5.75 Å². The molecule has 176 valence electrons. The van der Waals surface area contributed by atoms with E-state index < -0.39 is 9.84 Å². The van der Waals surface area contributed by atoms with E-state index in [1.165, 1.54) is 17.4 Å². The quantitative estimate of drug-likeness (QED) is 0.341. The number of methoxy groups -OCH3 is 1.